The number of carbonyl (C=O) groups excluding carboxylic acids is 2. The number of unbranched alkanes of at least 4 members (excludes halogenated alkanes) is 1. The number of amides is 1. The second-order valence-electron chi connectivity index (χ2n) is 6.36. The van der Waals surface area contributed by atoms with Gasteiger partial charge in [0.1, 0.15) is 0 Å². The van der Waals surface area contributed by atoms with E-state index in [4.69, 9.17) is 0 Å². The fourth-order valence-corrected chi connectivity index (χ4v) is 2.63. The Morgan fingerprint density at radius 2 is 2.08 bits per heavy atom. The molecule has 0 bridgehead atoms. The van der Waals surface area contributed by atoms with E-state index in [1.54, 1.807) is 0 Å². The largest absolute Gasteiger partial charge is 0.469 e. The molecule has 1 atom stereocenters. The highest BCUT2D eigenvalue weighted by atomic mass is 16.5. The third-order valence-electron chi connectivity index (χ3n) is 3.97. The van der Waals surface area contributed by atoms with E-state index in [1.165, 1.54) is 7.11 Å². The van der Waals surface area contributed by atoms with Crippen LogP contribution in [0.15, 0.2) is 4.99 Å². The van der Waals surface area contributed by atoms with Crippen LogP contribution in [0.2, 0.25) is 0 Å². The predicted molar refractivity (Wildman–Crippen MR) is 94.8 cm³/mol. The number of guanidine groups is 1. The van der Waals surface area contributed by atoms with Gasteiger partial charge in [-0.1, -0.05) is 13.8 Å². The summed E-state index contributed by atoms with van der Waals surface area (Å²) in [6.45, 7) is 8.86. The summed E-state index contributed by atoms with van der Waals surface area (Å²) in [7, 11) is 1.41. The average Bonchev–Trinajstić information content (AvgIpc) is 3.01. The smallest absolute Gasteiger partial charge is 0.305 e. The maximum Gasteiger partial charge on any atom is 0.305 e. The van der Waals surface area contributed by atoms with Crippen LogP contribution in [-0.4, -0.2) is 62.1 Å². The molecule has 1 fully saturated rings. The monoisotopic (exact) mass is 340 g/mol. The molecular formula is C17H32N4O3. The molecule has 24 heavy (non-hydrogen) atoms. The lowest BCUT2D eigenvalue weighted by Crippen LogP contribution is -2.45. The fraction of sp³-hybridized carbons (Fsp3) is 0.824. The van der Waals surface area contributed by atoms with E-state index >= 15 is 0 Å². The van der Waals surface area contributed by atoms with Crippen molar-refractivity contribution in [2.24, 2.45) is 10.9 Å². The number of likely N-dealkylation sites (tertiary alicyclic amines) is 1. The van der Waals surface area contributed by atoms with Gasteiger partial charge in [-0.15, -0.1) is 0 Å². The summed E-state index contributed by atoms with van der Waals surface area (Å²) < 4.78 is 4.62. The highest BCUT2D eigenvalue weighted by Gasteiger charge is 2.27. The minimum atomic E-state index is -0.176. The Morgan fingerprint density at radius 1 is 1.33 bits per heavy atom. The molecule has 0 aromatic rings. The SMILES string of the molecule is CCNC(=NCCCCC(=O)OC)NC1CCN(C(=O)C(C)C)C1. The minimum absolute atomic E-state index is 0.0421. The van der Waals surface area contributed by atoms with Crippen molar-refractivity contribution in [2.75, 3.05) is 33.3 Å². The molecule has 0 aliphatic carbocycles. The number of carbonyl (C=O) groups is 2. The first-order valence-electron chi connectivity index (χ1n) is 8.88. The van der Waals surface area contributed by atoms with Crippen molar-refractivity contribution in [2.45, 2.75) is 52.5 Å². The molecule has 7 heteroatoms. The van der Waals surface area contributed by atoms with Gasteiger partial charge in [0.2, 0.25) is 5.91 Å². The number of methoxy groups -OCH3 is 1. The number of rotatable bonds is 8. The van der Waals surface area contributed by atoms with Crippen molar-refractivity contribution < 1.29 is 14.3 Å². The van der Waals surface area contributed by atoms with Crippen molar-refractivity contribution >= 4 is 17.8 Å². The van der Waals surface area contributed by atoms with Gasteiger partial charge in [0, 0.05) is 44.6 Å². The van der Waals surface area contributed by atoms with E-state index in [1.807, 2.05) is 25.7 Å². The maximum absolute atomic E-state index is 12.0. The molecule has 2 N–H and O–H groups in total. The predicted octanol–water partition coefficient (Wildman–Crippen LogP) is 1.14. The lowest BCUT2D eigenvalue weighted by molar-refractivity contribution is -0.140. The van der Waals surface area contributed by atoms with Gasteiger partial charge in [0.25, 0.3) is 0 Å². The second kappa shape index (κ2) is 10.9. The molecule has 0 spiro atoms. The fourth-order valence-electron chi connectivity index (χ4n) is 2.63. The van der Waals surface area contributed by atoms with Crippen molar-refractivity contribution in [3.8, 4) is 0 Å². The van der Waals surface area contributed by atoms with Gasteiger partial charge in [-0.2, -0.15) is 0 Å². The van der Waals surface area contributed by atoms with E-state index in [0.29, 0.717) is 13.0 Å². The molecule has 1 unspecified atom stereocenters. The normalized spacial score (nSPS) is 18.0. The summed E-state index contributed by atoms with van der Waals surface area (Å²) in [4.78, 5) is 29.6. The third-order valence-corrected chi connectivity index (χ3v) is 3.97. The third kappa shape index (κ3) is 7.19. The van der Waals surface area contributed by atoms with Crippen molar-refractivity contribution in [3.05, 3.63) is 0 Å². The van der Waals surface area contributed by atoms with Crippen molar-refractivity contribution in [1.82, 2.24) is 15.5 Å². The van der Waals surface area contributed by atoms with Crippen LogP contribution in [0.5, 0.6) is 0 Å². The van der Waals surface area contributed by atoms with E-state index in [-0.39, 0.29) is 23.8 Å². The van der Waals surface area contributed by atoms with Crippen LogP contribution in [0.4, 0.5) is 0 Å². The van der Waals surface area contributed by atoms with Crippen LogP contribution in [0.1, 0.15) is 46.5 Å². The summed E-state index contributed by atoms with van der Waals surface area (Å²) in [5, 5.41) is 6.64. The standard InChI is InChI=1S/C17H32N4O3/c1-5-18-17(19-10-7-6-8-15(22)24-4)20-14-9-11-21(12-14)16(23)13(2)3/h13-14H,5-12H2,1-4H3,(H2,18,19,20). The molecule has 0 aromatic heterocycles. The van der Waals surface area contributed by atoms with E-state index in [2.05, 4.69) is 20.4 Å². The van der Waals surface area contributed by atoms with Gasteiger partial charge in [0.15, 0.2) is 5.96 Å². The number of esters is 1. The zero-order chi connectivity index (χ0) is 17.9. The Kier molecular flexibility index (Phi) is 9.19. The van der Waals surface area contributed by atoms with E-state index < -0.39 is 0 Å². The highest BCUT2D eigenvalue weighted by molar-refractivity contribution is 5.81. The summed E-state index contributed by atoms with van der Waals surface area (Å²) in [5.41, 5.74) is 0. The van der Waals surface area contributed by atoms with Gasteiger partial charge in [-0.05, 0) is 26.2 Å². The molecule has 1 rings (SSSR count). The summed E-state index contributed by atoms with van der Waals surface area (Å²) in [5.74, 6) is 0.855. The Balaban J connectivity index is 2.38. The van der Waals surface area contributed by atoms with Crippen molar-refractivity contribution in [1.29, 1.82) is 0 Å². The zero-order valence-corrected chi connectivity index (χ0v) is 15.4. The molecule has 1 heterocycles. The quantitative estimate of drug-likeness (QED) is 0.300. The molecule has 0 radical (unpaired) electrons. The van der Waals surface area contributed by atoms with Crippen LogP contribution in [0, 0.1) is 5.92 Å². The first-order chi connectivity index (χ1) is 11.5. The molecule has 7 nitrogen and oxygen atoms in total. The molecule has 0 aromatic carbocycles. The van der Waals surface area contributed by atoms with Gasteiger partial charge in [-0.25, -0.2) is 0 Å². The minimum Gasteiger partial charge on any atom is -0.469 e. The first kappa shape index (κ1) is 20.3. The van der Waals surface area contributed by atoms with E-state index in [9.17, 15) is 9.59 Å². The molecule has 1 aliphatic rings. The van der Waals surface area contributed by atoms with E-state index in [0.717, 1.165) is 44.9 Å². The van der Waals surface area contributed by atoms with Gasteiger partial charge in [-0.3, -0.25) is 14.6 Å². The molecular weight excluding hydrogens is 308 g/mol. The Morgan fingerprint density at radius 3 is 2.71 bits per heavy atom. The van der Waals surface area contributed by atoms with Crippen LogP contribution < -0.4 is 10.6 Å². The Labute approximate surface area is 145 Å². The average molecular weight is 340 g/mol. The highest BCUT2D eigenvalue weighted by Crippen LogP contribution is 2.12. The van der Waals surface area contributed by atoms with Crippen LogP contribution in [0.3, 0.4) is 0 Å². The van der Waals surface area contributed by atoms with Crippen LogP contribution >= 0.6 is 0 Å². The second-order valence-corrected chi connectivity index (χ2v) is 6.36. The van der Waals surface area contributed by atoms with Gasteiger partial charge >= 0.3 is 5.97 Å². The number of aliphatic imine (C=N–C) groups is 1. The summed E-state index contributed by atoms with van der Waals surface area (Å²) in [6, 6.07) is 0.237. The van der Waals surface area contributed by atoms with Gasteiger partial charge in [0.05, 0.1) is 7.11 Å². The molecule has 0 saturated carbocycles. The number of ether oxygens (including phenoxy) is 1. The number of nitrogens with zero attached hydrogens (tertiary/aromatic N) is 2. The molecule has 138 valence electrons. The van der Waals surface area contributed by atoms with Crippen LogP contribution in [-0.2, 0) is 14.3 Å². The van der Waals surface area contributed by atoms with Crippen LogP contribution in [0.25, 0.3) is 0 Å². The zero-order valence-electron chi connectivity index (χ0n) is 15.4. The lowest BCUT2D eigenvalue weighted by Gasteiger charge is -2.20. The van der Waals surface area contributed by atoms with Gasteiger partial charge < -0.3 is 20.3 Å². The Bertz CT molecular complexity index is 438. The topological polar surface area (TPSA) is 83.0 Å². The molecule has 1 amide bonds. The summed E-state index contributed by atoms with van der Waals surface area (Å²) in [6.07, 6.45) is 2.99. The first-order valence-corrected chi connectivity index (χ1v) is 8.88. The lowest BCUT2D eigenvalue weighted by atomic mass is 10.2. The molecule has 1 saturated heterocycles. The maximum atomic E-state index is 12.0. The Hall–Kier alpha value is -1.79. The number of nitrogens with one attached hydrogen (secondary N) is 2. The number of hydrogen-bond donors (Lipinski definition) is 2. The molecule has 1 aliphatic heterocycles. The van der Waals surface area contributed by atoms with Crippen molar-refractivity contribution in [3.63, 3.8) is 0 Å². The summed E-state index contributed by atoms with van der Waals surface area (Å²) >= 11 is 0. The number of hydrogen-bond acceptors (Lipinski definition) is 4.